The van der Waals surface area contributed by atoms with Crippen LogP contribution in [0.2, 0.25) is 0 Å². The first-order valence-corrected chi connectivity index (χ1v) is 10.4. The van der Waals surface area contributed by atoms with Crippen molar-refractivity contribution in [3.05, 3.63) is 96.6 Å². The number of carbonyl (C=O) groups is 2. The van der Waals surface area contributed by atoms with E-state index in [2.05, 4.69) is 0 Å². The van der Waals surface area contributed by atoms with Gasteiger partial charge in [-0.2, -0.15) is 0 Å². The molecule has 0 radical (unpaired) electrons. The van der Waals surface area contributed by atoms with Gasteiger partial charge in [0.15, 0.2) is 0 Å². The number of benzene rings is 2. The zero-order valence-corrected chi connectivity index (χ0v) is 17.9. The van der Waals surface area contributed by atoms with E-state index in [4.69, 9.17) is 4.42 Å². The summed E-state index contributed by atoms with van der Waals surface area (Å²) in [6, 6.07) is 13.5. The molecular formula is C22H15N3O7S. The molecule has 3 aromatic rings. The van der Waals surface area contributed by atoms with Gasteiger partial charge in [-0.25, -0.2) is 0 Å². The van der Waals surface area contributed by atoms with Crippen LogP contribution in [-0.2, 0) is 11.3 Å². The number of carbonyl (C=O) groups excluding carboxylic acids is 2. The average Bonchev–Trinajstić information content (AvgIpc) is 3.34. The molecule has 0 atom stereocenters. The highest BCUT2D eigenvalue weighted by atomic mass is 32.2. The van der Waals surface area contributed by atoms with Crippen LogP contribution in [0.25, 0.3) is 17.4 Å². The summed E-state index contributed by atoms with van der Waals surface area (Å²) in [6.45, 7) is 1.62. The molecule has 2 amide bonds. The SMILES string of the molecule is Cc1cc(-c2ccc(/C=C3\SC(=O)N(Cc4ccc([N+](=O)[O-])cc4)C3=O)o2)ccc1[N+](=O)[O-]. The zero-order chi connectivity index (χ0) is 23.7. The van der Waals surface area contributed by atoms with Crippen molar-refractivity contribution < 1.29 is 23.9 Å². The molecule has 1 aliphatic rings. The largest absolute Gasteiger partial charge is 0.457 e. The van der Waals surface area contributed by atoms with Gasteiger partial charge >= 0.3 is 0 Å². The summed E-state index contributed by atoms with van der Waals surface area (Å²) < 4.78 is 5.75. The van der Waals surface area contributed by atoms with E-state index in [1.807, 2.05) is 0 Å². The number of non-ortho nitro benzene ring substituents is 1. The third-order valence-electron chi connectivity index (χ3n) is 4.94. The highest BCUT2D eigenvalue weighted by Gasteiger charge is 2.35. The number of nitro benzene ring substituents is 2. The lowest BCUT2D eigenvalue weighted by Gasteiger charge is -2.12. The maximum atomic E-state index is 12.7. The Morgan fingerprint density at radius 1 is 1.00 bits per heavy atom. The molecule has 1 aromatic heterocycles. The predicted molar refractivity (Wildman–Crippen MR) is 120 cm³/mol. The number of amides is 2. The van der Waals surface area contributed by atoms with Gasteiger partial charge in [-0.1, -0.05) is 12.1 Å². The van der Waals surface area contributed by atoms with Crippen molar-refractivity contribution in [1.82, 2.24) is 4.90 Å². The number of imide groups is 1. The van der Waals surface area contributed by atoms with Gasteiger partial charge in [0.1, 0.15) is 11.5 Å². The molecule has 1 fully saturated rings. The van der Waals surface area contributed by atoms with Crippen LogP contribution >= 0.6 is 11.8 Å². The molecule has 2 heterocycles. The molecule has 166 valence electrons. The molecule has 1 saturated heterocycles. The van der Waals surface area contributed by atoms with Crippen molar-refractivity contribution in [2.24, 2.45) is 0 Å². The lowest BCUT2D eigenvalue weighted by atomic mass is 10.1. The molecule has 11 heteroatoms. The van der Waals surface area contributed by atoms with Crippen LogP contribution in [-0.4, -0.2) is 25.9 Å². The Morgan fingerprint density at radius 2 is 1.73 bits per heavy atom. The van der Waals surface area contributed by atoms with Gasteiger partial charge < -0.3 is 4.42 Å². The molecule has 0 spiro atoms. The van der Waals surface area contributed by atoms with E-state index in [-0.39, 0.29) is 22.8 Å². The highest BCUT2D eigenvalue weighted by molar-refractivity contribution is 8.18. The number of hydrogen-bond donors (Lipinski definition) is 0. The summed E-state index contributed by atoms with van der Waals surface area (Å²) >= 11 is 0.772. The lowest BCUT2D eigenvalue weighted by molar-refractivity contribution is -0.385. The van der Waals surface area contributed by atoms with Crippen LogP contribution in [0, 0.1) is 27.2 Å². The van der Waals surface area contributed by atoms with E-state index < -0.39 is 21.0 Å². The average molecular weight is 465 g/mol. The van der Waals surface area contributed by atoms with Crippen molar-refractivity contribution in [2.45, 2.75) is 13.5 Å². The zero-order valence-electron chi connectivity index (χ0n) is 17.1. The van der Waals surface area contributed by atoms with E-state index in [0.29, 0.717) is 28.2 Å². The minimum atomic E-state index is -0.526. The van der Waals surface area contributed by atoms with E-state index in [0.717, 1.165) is 16.7 Å². The van der Waals surface area contributed by atoms with Crippen LogP contribution in [0.4, 0.5) is 16.2 Å². The molecule has 0 bridgehead atoms. The number of nitrogens with zero attached hydrogens (tertiary/aromatic N) is 3. The maximum absolute atomic E-state index is 12.7. The number of nitro groups is 2. The molecule has 0 saturated carbocycles. The monoisotopic (exact) mass is 465 g/mol. The second-order valence-corrected chi connectivity index (χ2v) is 8.14. The topological polar surface area (TPSA) is 137 Å². The standard InChI is InChI=1S/C22H15N3O7S/c1-13-10-15(4-8-18(13)25(30)31)19-9-7-17(32-19)11-20-21(26)23(22(27)33-20)12-14-2-5-16(6-3-14)24(28)29/h2-11H,12H2,1H3/b20-11-. The van der Waals surface area contributed by atoms with Crippen molar-refractivity contribution in [2.75, 3.05) is 0 Å². The van der Waals surface area contributed by atoms with Gasteiger partial charge in [0.25, 0.3) is 22.5 Å². The first kappa shape index (κ1) is 22.0. The van der Waals surface area contributed by atoms with Crippen LogP contribution in [0.15, 0.2) is 63.9 Å². The van der Waals surface area contributed by atoms with Crippen LogP contribution in [0.5, 0.6) is 0 Å². The third kappa shape index (κ3) is 4.53. The van der Waals surface area contributed by atoms with Crippen LogP contribution in [0.1, 0.15) is 16.9 Å². The smallest absolute Gasteiger partial charge is 0.293 e. The van der Waals surface area contributed by atoms with E-state index in [1.54, 1.807) is 31.2 Å². The van der Waals surface area contributed by atoms with Crippen molar-refractivity contribution in [1.29, 1.82) is 0 Å². The summed E-state index contributed by atoms with van der Waals surface area (Å²) in [5, 5.41) is 21.3. The van der Waals surface area contributed by atoms with Gasteiger partial charge in [0, 0.05) is 35.4 Å². The lowest BCUT2D eigenvalue weighted by Crippen LogP contribution is -2.27. The van der Waals surface area contributed by atoms with Gasteiger partial charge in [0.2, 0.25) is 0 Å². The fraction of sp³-hybridized carbons (Fsp3) is 0.0909. The minimum Gasteiger partial charge on any atom is -0.457 e. The van der Waals surface area contributed by atoms with E-state index in [9.17, 15) is 29.8 Å². The molecule has 0 aliphatic carbocycles. The number of rotatable bonds is 6. The van der Waals surface area contributed by atoms with Gasteiger partial charge in [-0.15, -0.1) is 0 Å². The second kappa shape index (κ2) is 8.71. The van der Waals surface area contributed by atoms with Gasteiger partial charge in [-0.3, -0.25) is 34.7 Å². The summed E-state index contributed by atoms with van der Waals surface area (Å²) in [6.07, 6.45) is 1.46. The van der Waals surface area contributed by atoms with Gasteiger partial charge in [0.05, 0.1) is 21.3 Å². The molecule has 1 aliphatic heterocycles. The molecule has 2 aromatic carbocycles. The predicted octanol–water partition coefficient (Wildman–Crippen LogP) is 5.31. The number of thioether (sulfide) groups is 1. The maximum Gasteiger partial charge on any atom is 0.293 e. The number of hydrogen-bond acceptors (Lipinski definition) is 8. The Bertz CT molecular complexity index is 1330. The summed E-state index contributed by atoms with van der Waals surface area (Å²) in [5.74, 6) is 0.318. The summed E-state index contributed by atoms with van der Waals surface area (Å²) in [7, 11) is 0. The molecule has 0 unspecified atom stereocenters. The normalized spacial score (nSPS) is 14.8. The summed E-state index contributed by atoms with van der Waals surface area (Å²) in [5.41, 5.74) is 1.64. The Kier molecular flexibility index (Phi) is 5.80. The molecule has 4 rings (SSSR count). The van der Waals surface area contributed by atoms with E-state index >= 15 is 0 Å². The fourth-order valence-corrected chi connectivity index (χ4v) is 4.09. The molecular weight excluding hydrogens is 450 g/mol. The van der Waals surface area contributed by atoms with E-state index in [1.165, 1.54) is 36.4 Å². The van der Waals surface area contributed by atoms with Crippen molar-refractivity contribution in [3.8, 4) is 11.3 Å². The van der Waals surface area contributed by atoms with Crippen molar-refractivity contribution in [3.63, 3.8) is 0 Å². The van der Waals surface area contributed by atoms with Crippen molar-refractivity contribution >= 4 is 40.4 Å². The third-order valence-corrected chi connectivity index (χ3v) is 5.85. The second-order valence-electron chi connectivity index (χ2n) is 7.15. The Labute approximate surface area is 190 Å². The molecule has 10 nitrogen and oxygen atoms in total. The minimum absolute atomic E-state index is 0.00669. The van der Waals surface area contributed by atoms with Gasteiger partial charge in [-0.05, 0) is 48.5 Å². The summed E-state index contributed by atoms with van der Waals surface area (Å²) in [4.78, 5) is 47.1. The first-order chi connectivity index (χ1) is 15.7. The number of furan rings is 1. The molecule has 0 N–H and O–H groups in total. The molecule has 33 heavy (non-hydrogen) atoms. The Hall–Kier alpha value is -4.25. The number of aryl methyl sites for hydroxylation is 1. The Morgan fingerprint density at radius 3 is 2.36 bits per heavy atom. The van der Waals surface area contributed by atoms with Crippen LogP contribution in [0.3, 0.4) is 0 Å². The quantitative estimate of drug-likeness (QED) is 0.271. The Balaban J connectivity index is 1.51. The highest BCUT2D eigenvalue weighted by Crippen LogP contribution is 2.35. The fourth-order valence-electron chi connectivity index (χ4n) is 3.27. The first-order valence-electron chi connectivity index (χ1n) is 9.57. The van der Waals surface area contributed by atoms with Crippen LogP contribution < -0.4 is 0 Å².